The van der Waals surface area contributed by atoms with Crippen molar-refractivity contribution in [2.45, 2.75) is 284 Å². The molecule has 0 aromatic heterocycles. The lowest BCUT2D eigenvalue weighted by Crippen LogP contribution is -2.30. The molecule has 1 unspecified atom stereocenters. The average molecular weight is 765 g/mol. The van der Waals surface area contributed by atoms with Crippen molar-refractivity contribution in [3.63, 3.8) is 0 Å². The molecule has 1 atom stereocenters. The molecule has 0 heterocycles. The molecule has 0 radical (unpaired) electrons. The highest BCUT2D eigenvalue weighted by atomic mass is 16.6. The topological polar surface area (TPSA) is 61.8 Å². The highest BCUT2D eigenvalue weighted by Gasteiger charge is 2.17. The van der Waals surface area contributed by atoms with E-state index in [-0.39, 0.29) is 18.5 Å². The minimum atomic E-state index is -0.521. The summed E-state index contributed by atoms with van der Waals surface area (Å²) in [6.07, 6.45) is 49.5. The zero-order valence-electron chi connectivity index (χ0n) is 37.0. The highest BCUT2D eigenvalue weighted by Crippen LogP contribution is 2.16. The van der Waals surface area contributed by atoms with Crippen LogP contribution in [0.4, 0.5) is 0 Å². The van der Waals surface area contributed by atoms with E-state index in [0.29, 0.717) is 26.1 Å². The van der Waals surface area contributed by atoms with Crippen LogP contribution in [0.25, 0.3) is 0 Å². The van der Waals surface area contributed by atoms with Crippen molar-refractivity contribution in [1.82, 2.24) is 0 Å². The van der Waals surface area contributed by atoms with Gasteiger partial charge in [-0.2, -0.15) is 0 Å². The van der Waals surface area contributed by atoms with E-state index < -0.39 is 6.10 Å². The Morgan fingerprint density at radius 3 is 0.944 bits per heavy atom. The second-order valence-corrected chi connectivity index (χ2v) is 16.7. The fourth-order valence-corrected chi connectivity index (χ4v) is 7.45. The van der Waals surface area contributed by atoms with Gasteiger partial charge >= 0.3 is 11.9 Å². The number of esters is 2. The molecular formula is C49H96O5. The second kappa shape index (κ2) is 46.3. The van der Waals surface area contributed by atoms with Gasteiger partial charge in [0.1, 0.15) is 6.61 Å². The van der Waals surface area contributed by atoms with Crippen LogP contribution in [0.2, 0.25) is 0 Å². The predicted octanol–water partition coefficient (Wildman–Crippen LogP) is 16.1. The third-order valence-electron chi connectivity index (χ3n) is 11.1. The molecule has 0 aromatic rings. The largest absolute Gasteiger partial charge is 0.462 e. The van der Waals surface area contributed by atoms with Gasteiger partial charge in [-0.05, 0) is 19.3 Å². The number of ether oxygens (including phenoxy) is 3. The van der Waals surface area contributed by atoms with Crippen LogP contribution in [0.5, 0.6) is 0 Å². The second-order valence-electron chi connectivity index (χ2n) is 16.7. The monoisotopic (exact) mass is 765 g/mol. The molecule has 0 aromatic carbocycles. The van der Waals surface area contributed by atoms with Crippen LogP contribution >= 0.6 is 0 Å². The van der Waals surface area contributed by atoms with Crippen LogP contribution in [-0.4, -0.2) is 37.9 Å². The van der Waals surface area contributed by atoms with Crippen LogP contribution in [-0.2, 0) is 23.8 Å². The normalized spacial score (nSPS) is 12.0. The lowest BCUT2D eigenvalue weighted by molar-refractivity contribution is -0.163. The molecule has 5 heteroatoms. The van der Waals surface area contributed by atoms with Crippen LogP contribution in [0.3, 0.4) is 0 Å². The molecule has 0 bridgehead atoms. The number of unbranched alkanes of at least 4 members (excludes halogenated alkanes) is 35. The van der Waals surface area contributed by atoms with Crippen molar-refractivity contribution >= 4 is 11.9 Å². The van der Waals surface area contributed by atoms with Gasteiger partial charge in [0.15, 0.2) is 6.10 Å². The number of rotatable bonds is 46. The SMILES string of the molecule is CCCCCCCCCCCCCCCC(=O)OCC(COCCCCCCCCCCCCCC)OC(=O)CCCCCCCCCCCCCCC. The molecule has 0 rings (SSSR count). The van der Waals surface area contributed by atoms with E-state index in [0.717, 1.165) is 32.1 Å². The number of carbonyl (C=O) groups is 2. The van der Waals surface area contributed by atoms with Gasteiger partial charge in [-0.1, -0.05) is 245 Å². The van der Waals surface area contributed by atoms with E-state index >= 15 is 0 Å². The van der Waals surface area contributed by atoms with Gasteiger partial charge < -0.3 is 14.2 Å². The molecule has 0 aliphatic carbocycles. The van der Waals surface area contributed by atoms with Gasteiger partial charge in [0.05, 0.1) is 6.61 Å². The Balaban J connectivity index is 4.19. The molecule has 0 aliphatic rings. The van der Waals surface area contributed by atoms with Gasteiger partial charge in [-0.15, -0.1) is 0 Å². The molecule has 0 aliphatic heterocycles. The van der Waals surface area contributed by atoms with E-state index in [2.05, 4.69) is 20.8 Å². The summed E-state index contributed by atoms with van der Waals surface area (Å²) < 4.78 is 17.4. The van der Waals surface area contributed by atoms with E-state index in [9.17, 15) is 9.59 Å². The molecule has 0 amide bonds. The van der Waals surface area contributed by atoms with Gasteiger partial charge in [-0.3, -0.25) is 9.59 Å². The van der Waals surface area contributed by atoms with Crippen molar-refractivity contribution in [2.24, 2.45) is 0 Å². The molecule has 5 nitrogen and oxygen atoms in total. The fourth-order valence-electron chi connectivity index (χ4n) is 7.45. The van der Waals surface area contributed by atoms with Crippen LogP contribution in [0, 0.1) is 0 Å². The maximum absolute atomic E-state index is 12.7. The Labute approximate surface area is 338 Å². The van der Waals surface area contributed by atoms with Crippen LogP contribution in [0.15, 0.2) is 0 Å². The molecule has 54 heavy (non-hydrogen) atoms. The molecule has 0 N–H and O–H groups in total. The van der Waals surface area contributed by atoms with Gasteiger partial charge in [0.25, 0.3) is 0 Å². The van der Waals surface area contributed by atoms with Crippen molar-refractivity contribution < 1.29 is 23.8 Å². The molecule has 0 saturated carbocycles. The first-order chi connectivity index (χ1) is 26.6. The highest BCUT2D eigenvalue weighted by molar-refractivity contribution is 5.70. The Morgan fingerprint density at radius 2 is 0.611 bits per heavy atom. The first kappa shape index (κ1) is 52.9. The minimum Gasteiger partial charge on any atom is -0.462 e. The average Bonchev–Trinajstić information content (AvgIpc) is 3.17. The zero-order chi connectivity index (χ0) is 39.3. The Hall–Kier alpha value is -1.10. The zero-order valence-corrected chi connectivity index (χ0v) is 37.0. The number of carbonyl (C=O) groups excluding carboxylic acids is 2. The summed E-state index contributed by atoms with van der Waals surface area (Å²) in [7, 11) is 0. The van der Waals surface area contributed by atoms with Crippen molar-refractivity contribution in [3.05, 3.63) is 0 Å². The molecule has 0 saturated heterocycles. The maximum Gasteiger partial charge on any atom is 0.306 e. The molecule has 322 valence electrons. The van der Waals surface area contributed by atoms with Crippen molar-refractivity contribution in [1.29, 1.82) is 0 Å². The summed E-state index contributed by atoms with van der Waals surface area (Å²) in [5.74, 6) is -0.374. The van der Waals surface area contributed by atoms with Crippen LogP contribution in [0.1, 0.15) is 278 Å². The predicted molar refractivity (Wildman–Crippen MR) is 233 cm³/mol. The van der Waals surface area contributed by atoms with Gasteiger partial charge in [-0.25, -0.2) is 0 Å². The Bertz CT molecular complexity index is 740. The third-order valence-corrected chi connectivity index (χ3v) is 11.1. The molecule has 0 fully saturated rings. The summed E-state index contributed by atoms with van der Waals surface area (Å²) in [6, 6.07) is 0. The summed E-state index contributed by atoms with van der Waals surface area (Å²) in [4.78, 5) is 25.3. The lowest BCUT2D eigenvalue weighted by Gasteiger charge is -2.18. The van der Waals surface area contributed by atoms with Crippen molar-refractivity contribution in [2.75, 3.05) is 19.8 Å². The quantitative estimate of drug-likeness (QED) is 0.0456. The van der Waals surface area contributed by atoms with E-state index in [1.165, 1.54) is 212 Å². The van der Waals surface area contributed by atoms with E-state index in [1.54, 1.807) is 0 Å². The minimum absolute atomic E-state index is 0.0973. The first-order valence-electron chi connectivity index (χ1n) is 24.6. The lowest BCUT2D eigenvalue weighted by atomic mass is 10.0. The van der Waals surface area contributed by atoms with E-state index in [1.807, 2.05) is 0 Å². The molecular weight excluding hydrogens is 669 g/mol. The number of hydrogen-bond acceptors (Lipinski definition) is 5. The van der Waals surface area contributed by atoms with E-state index in [4.69, 9.17) is 14.2 Å². The Kier molecular flexibility index (Phi) is 45.3. The van der Waals surface area contributed by atoms with Crippen molar-refractivity contribution in [3.8, 4) is 0 Å². The summed E-state index contributed by atoms with van der Waals surface area (Å²) in [5.41, 5.74) is 0. The number of hydrogen-bond donors (Lipinski definition) is 0. The fraction of sp³-hybridized carbons (Fsp3) is 0.959. The Morgan fingerprint density at radius 1 is 0.333 bits per heavy atom. The first-order valence-corrected chi connectivity index (χ1v) is 24.6. The van der Waals surface area contributed by atoms with Gasteiger partial charge in [0, 0.05) is 19.4 Å². The maximum atomic E-state index is 12.7. The summed E-state index contributed by atoms with van der Waals surface area (Å²) >= 11 is 0. The third kappa shape index (κ3) is 43.6. The smallest absolute Gasteiger partial charge is 0.306 e. The summed E-state index contributed by atoms with van der Waals surface area (Å²) in [5, 5.41) is 0. The van der Waals surface area contributed by atoms with Gasteiger partial charge in [0.2, 0.25) is 0 Å². The summed E-state index contributed by atoms with van der Waals surface area (Å²) in [6.45, 7) is 7.89. The standard InChI is InChI=1S/C49H96O5/c1-4-7-10-13-16-19-22-25-27-30-33-36-39-42-48(50)53-46-47(45-52-44-41-38-35-32-29-24-21-18-15-12-9-6-3)54-49(51)43-40-37-34-31-28-26-23-20-17-14-11-8-5-2/h47H,4-46H2,1-3H3. The molecule has 0 spiro atoms. The van der Waals surface area contributed by atoms with Crippen LogP contribution < -0.4 is 0 Å².